The highest BCUT2D eigenvalue weighted by Crippen LogP contribution is 2.39. The number of likely N-dealkylation sites (N-methyl/N-ethyl adjacent to an activating group) is 1. The standard InChI is InChI=1S/C33H31ClN4O3/c1-33(2,35)32(40)38(3)25-14-12-24(13-15-25)36-30(29-27-18-11-23(34)19-28(27)37-31(29)39)22-9-16-26(17-10-22)41-20-21-7-5-4-6-8-21/h4-19,36H,20,35H2,1-3H3,(H,37,39)/b30-29-. The molecule has 7 nitrogen and oxygen atoms in total. The van der Waals surface area contributed by atoms with Crippen molar-refractivity contribution in [2.75, 3.05) is 22.6 Å². The SMILES string of the molecule is CN(C(=O)C(C)(C)N)c1ccc(N/C(=C2\C(=O)Nc3cc(Cl)ccc32)c2ccc(OCc3ccccc3)cc2)cc1. The zero-order valence-electron chi connectivity index (χ0n) is 23.1. The van der Waals surface area contributed by atoms with E-state index in [4.69, 9.17) is 22.1 Å². The Hall–Kier alpha value is -4.59. The molecule has 0 fully saturated rings. The second kappa shape index (κ2) is 11.5. The van der Waals surface area contributed by atoms with Crippen LogP contribution in [-0.4, -0.2) is 24.4 Å². The van der Waals surface area contributed by atoms with E-state index < -0.39 is 5.54 Å². The molecule has 4 N–H and O–H groups in total. The first-order chi connectivity index (χ1) is 19.6. The van der Waals surface area contributed by atoms with Crippen molar-refractivity contribution in [3.05, 3.63) is 119 Å². The third-order valence-corrected chi connectivity index (χ3v) is 6.98. The monoisotopic (exact) mass is 566 g/mol. The normalized spacial score (nSPS) is 13.7. The second-order valence-corrected chi connectivity index (χ2v) is 10.9. The van der Waals surface area contributed by atoms with Gasteiger partial charge in [-0.25, -0.2) is 0 Å². The number of anilines is 3. The smallest absolute Gasteiger partial charge is 0.258 e. The maximum absolute atomic E-state index is 13.3. The zero-order chi connectivity index (χ0) is 29.1. The summed E-state index contributed by atoms with van der Waals surface area (Å²) in [5, 5.41) is 6.90. The maximum Gasteiger partial charge on any atom is 0.258 e. The lowest BCUT2D eigenvalue weighted by Gasteiger charge is -2.26. The van der Waals surface area contributed by atoms with Gasteiger partial charge in [0.15, 0.2) is 0 Å². The van der Waals surface area contributed by atoms with Crippen molar-refractivity contribution in [1.82, 2.24) is 0 Å². The Morgan fingerprint density at radius 3 is 2.32 bits per heavy atom. The van der Waals surface area contributed by atoms with Crippen LogP contribution < -0.4 is 26.0 Å². The van der Waals surface area contributed by atoms with E-state index in [0.29, 0.717) is 40.0 Å². The second-order valence-electron chi connectivity index (χ2n) is 10.5. The predicted octanol–water partition coefficient (Wildman–Crippen LogP) is 6.55. The molecule has 8 heteroatoms. The summed E-state index contributed by atoms with van der Waals surface area (Å²) in [4.78, 5) is 27.4. The average molecular weight is 567 g/mol. The number of nitrogens with zero attached hydrogens (tertiary/aromatic N) is 1. The van der Waals surface area contributed by atoms with Crippen LogP contribution in [0.5, 0.6) is 5.75 Å². The molecule has 0 bridgehead atoms. The molecule has 0 saturated carbocycles. The Bertz CT molecular complexity index is 1610. The van der Waals surface area contributed by atoms with Crippen molar-refractivity contribution in [3.63, 3.8) is 0 Å². The minimum absolute atomic E-state index is 0.200. The van der Waals surface area contributed by atoms with Crippen LogP contribution >= 0.6 is 11.6 Å². The molecule has 0 radical (unpaired) electrons. The third kappa shape index (κ3) is 6.27. The highest BCUT2D eigenvalue weighted by Gasteiger charge is 2.29. The number of carbonyl (C=O) groups excluding carboxylic acids is 2. The molecule has 208 valence electrons. The van der Waals surface area contributed by atoms with Crippen molar-refractivity contribution >= 4 is 51.7 Å². The van der Waals surface area contributed by atoms with Gasteiger partial charge in [-0.15, -0.1) is 0 Å². The van der Waals surface area contributed by atoms with Gasteiger partial charge in [0.1, 0.15) is 12.4 Å². The number of ether oxygens (including phenoxy) is 1. The number of carbonyl (C=O) groups is 2. The predicted molar refractivity (Wildman–Crippen MR) is 166 cm³/mol. The average Bonchev–Trinajstić information content (AvgIpc) is 3.29. The fourth-order valence-electron chi connectivity index (χ4n) is 4.59. The summed E-state index contributed by atoms with van der Waals surface area (Å²) in [6, 6.07) is 30.3. The Labute approximate surface area is 244 Å². The van der Waals surface area contributed by atoms with E-state index in [1.54, 1.807) is 33.0 Å². The molecule has 0 atom stereocenters. The number of rotatable bonds is 8. The zero-order valence-corrected chi connectivity index (χ0v) is 23.8. The number of nitrogens with one attached hydrogen (secondary N) is 2. The molecule has 4 aromatic rings. The maximum atomic E-state index is 13.3. The van der Waals surface area contributed by atoms with Crippen LogP contribution in [0.15, 0.2) is 97.1 Å². The molecule has 4 aromatic carbocycles. The van der Waals surface area contributed by atoms with Gasteiger partial charge in [0.25, 0.3) is 5.91 Å². The van der Waals surface area contributed by atoms with E-state index in [1.165, 1.54) is 4.90 Å². The summed E-state index contributed by atoms with van der Waals surface area (Å²) in [5.74, 6) is 0.277. The molecule has 0 unspecified atom stereocenters. The van der Waals surface area contributed by atoms with E-state index >= 15 is 0 Å². The lowest BCUT2D eigenvalue weighted by atomic mass is 10.00. The van der Waals surface area contributed by atoms with E-state index in [-0.39, 0.29) is 11.8 Å². The molecular formula is C33H31ClN4O3. The molecular weight excluding hydrogens is 536 g/mol. The number of nitrogens with two attached hydrogens (primary N) is 1. The molecule has 0 spiro atoms. The van der Waals surface area contributed by atoms with Crippen LogP contribution in [0.1, 0.15) is 30.5 Å². The lowest BCUT2D eigenvalue weighted by molar-refractivity contribution is -0.122. The minimum Gasteiger partial charge on any atom is -0.489 e. The van der Waals surface area contributed by atoms with E-state index in [9.17, 15) is 9.59 Å². The number of hydrogen-bond donors (Lipinski definition) is 3. The largest absolute Gasteiger partial charge is 0.489 e. The number of fused-ring (bicyclic) bond motifs is 1. The van der Waals surface area contributed by atoms with Crippen molar-refractivity contribution < 1.29 is 14.3 Å². The minimum atomic E-state index is -0.994. The first kappa shape index (κ1) is 28.0. The van der Waals surface area contributed by atoms with Gasteiger partial charge in [-0.2, -0.15) is 0 Å². The Kier molecular flexibility index (Phi) is 7.83. The van der Waals surface area contributed by atoms with Gasteiger partial charge in [-0.1, -0.05) is 48.0 Å². The molecule has 1 aliphatic heterocycles. The molecule has 41 heavy (non-hydrogen) atoms. The summed E-state index contributed by atoms with van der Waals surface area (Å²) in [6.45, 7) is 3.80. The van der Waals surface area contributed by atoms with Gasteiger partial charge in [0.05, 0.1) is 22.5 Å². The van der Waals surface area contributed by atoms with E-state index in [1.807, 2.05) is 84.9 Å². The molecule has 1 aliphatic rings. The Morgan fingerprint density at radius 1 is 0.976 bits per heavy atom. The molecule has 1 heterocycles. The van der Waals surface area contributed by atoms with Crippen LogP contribution in [-0.2, 0) is 16.2 Å². The van der Waals surface area contributed by atoms with Gasteiger partial charge in [-0.3, -0.25) is 9.59 Å². The van der Waals surface area contributed by atoms with Gasteiger partial charge >= 0.3 is 0 Å². The summed E-state index contributed by atoms with van der Waals surface area (Å²) >= 11 is 6.19. The Balaban J connectivity index is 1.47. The molecule has 5 rings (SSSR count). The van der Waals surface area contributed by atoms with E-state index in [0.717, 1.165) is 22.4 Å². The molecule has 0 aliphatic carbocycles. The fraction of sp³-hybridized carbons (Fsp3) is 0.152. The van der Waals surface area contributed by atoms with Gasteiger partial charge < -0.3 is 26.0 Å². The van der Waals surface area contributed by atoms with E-state index in [2.05, 4.69) is 10.6 Å². The fourth-order valence-corrected chi connectivity index (χ4v) is 4.77. The summed E-state index contributed by atoms with van der Waals surface area (Å²) < 4.78 is 5.97. The highest BCUT2D eigenvalue weighted by atomic mass is 35.5. The van der Waals surface area contributed by atoms with Crippen LogP contribution in [0.25, 0.3) is 11.3 Å². The lowest BCUT2D eigenvalue weighted by Crippen LogP contribution is -2.49. The van der Waals surface area contributed by atoms with Crippen LogP contribution in [0.3, 0.4) is 0 Å². The van der Waals surface area contributed by atoms with Crippen molar-refractivity contribution in [3.8, 4) is 5.75 Å². The number of benzene rings is 4. The van der Waals surface area contributed by atoms with Gasteiger partial charge in [-0.05, 0) is 85.6 Å². The molecule has 2 amide bonds. The highest BCUT2D eigenvalue weighted by molar-refractivity contribution is 6.38. The Morgan fingerprint density at radius 2 is 1.66 bits per heavy atom. The van der Waals surface area contributed by atoms with Crippen molar-refractivity contribution in [1.29, 1.82) is 0 Å². The first-order valence-electron chi connectivity index (χ1n) is 13.2. The first-order valence-corrected chi connectivity index (χ1v) is 13.5. The van der Waals surface area contributed by atoms with Crippen molar-refractivity contribution in [2.45, 2.75) is 26.0 Å². The number of amides is 2. The number of halogens is 1. The third-order valence-electron chi connectivity index (χ3n) is 6.75. The number of hydrogen-bond acceptors (Lipinski definition) is 5. The summed E-state index contributed by atoms with van der Waals surface area (Å²) in [7, 11) is 1.69. The molecule has 0 aromatic heterocycles. The summed E-state index contributed by atoms with van der Waals surface area (Å²) in [6.07, 6.45) is 0. The van der Waals surface area contributed by atoms with Crippen LogP contribution in [0.2, 0.25) is 5.02 Å². The van der Waals surface area contributed by atoms with Crippen LogP contribution in [0.4, 0.5) is 17.1 Å². The topological polar surface area (TPSA) is 96.7 Å². The van der Waals surface area contributed by atoms with Crippen molar-refractivity contribution in [2.24, 2.45) is 5.73 Å². The molecule has 0 saturated heterocycles. The quantitative estimate of drug-likeness (QED) is 0.210. The van der Waals surface area contributed by atoms with Gasteiger partial charge in [0.2, 0.25) is 5.91 Å². The van der Waals surface area contributed by atoms with Crippen LogP contribution in [0, 0.1) is 0 Å². The summed E-state index contributed by atoms with van der Waals surface area (Å²) in [5.41, 5.74) is 10.8. The van der Waals surface area contributed by atoms with Gasteiger partial charge in [0, 0.05) is 29.0 Å².